The number of hydrogen-bond acceptors (Lipinski definition) is 6. The van der Waals surface area contributed by atoms with Gasteiger partial charge in [0.1, 0.15) is 12.4 Å². The number of ether oxygens (including phenoxy) is 1. The van der Waals surface area contributed by atoms with E-state index >= 15 is 0 Å². The van der Waals surface area contributed by atoms with Crippen LogP contribution in [0.5, 0.6) is 5.75 Å². The van der Waals surface area contributed by atoms with Crippen molar-refractivity contribution < 1.29 is 29.3 Å². The number of carbonyl (C=O) groups excluding carboxylic acids is 1. The number of aliphatic carboxylic acids is 2. The van der Waals surface area contributed by atoms with E-state index in [1.807, 2.05) is 49.5 Å². The van der Waals surface area contributed by atoms with Gasteiger partial charge in [-0.05, 0) is 62.0 Å². The van der Waals surface area contributed by atoms with Crippen LogP contribution >= 0.6 is 28.6 Å². The number of benzene rings is 2. The van der Waals surface area contributed by atoms with Crippen LogP contribution < -0.4 is 4.74 Å². The number of halogens is 1. The van der Waals surface area contributed by atoms with Gasteiger partial charge in [0.2, 0.25) is 0 Å². The molecule has 0 bridgehead atoms. The SMILES string of the molecule is CCC(S)N(C)CC=CCOc1ccc(C(=O)c2ccc(Br)cc2)cc1.O=C(O)C=CC(=O)O. The lowest BCUT2D eigenvalue weighted by Gasteiger charge is -2.20. The summed E-state index contributed by atoms with van der Waals surface area (Å²) >= 11 is 7.87. The minimum atomic E-state index is -1.26. The molecule has 9 heteroatoms. The van der Waals surface area contributed by atoms with Gasteiger partial charge in [0.25, 0.3) is 0 Å². The summed E-state index contributed by atoms with van der Waals surface area (Å²) in [4.78, 5) is 33.7. The minimum Gasteiger partial charge on any atom is -0.490 e. The van der Waals surface area contributed by atoms with E-state index in [9.17, 15) is 14.4 Å². The highest BCUT2D eigenvalue weighted by atomic mass is 79.9. The van der Waals surface area contributed by atoms with Crippen LogP contribution in [-0.2, 0) is 9.59 Å². The summed E-state index contributed by atoms with van der Waals surface area (Å²) in [6.45, 7) is 3.45. The van der Waals surface area contributed by atoms with E-state index in [0.717, 1.165) is 23.2 Å². The number of nitrogens with zero attached hydrogens (tertiary/aromatic N) is 1. The topological polar surface area (TPSA) is 104 Å². The average Bonchev–Trinajstić information content (AvgIpc) is 2.82. The zero-order valence-electron chi connectivity index (χ0n) is 18.9. The van der Waals surface area contributed by atoms with Gasteiger partial charge >= 0.3 is 11.9 Å². The number of likely N-dealkylation sites (N-methyl/N-ethyl adjacent to an activating group) is 1. The smallest absolute Gasteiger partial charge is 0.328 e. The van der Waals surface area contributed by atoms with E-state index in [1.54, 1.807) is 12.1 Å². The zero-order valence-corrected chi connectivity index (χ0v) is 21.4. The van der Waals surface area contributed by atoms with Gasteiger partial charge in [0, 0.05) is 34.3 Å². The number of ketones is 1. The summed E-state index contributed by atoms with van der Waals surface area (Å²) in [5, 5.41) is 15.9. The van der Waals surface area contributed by atoms with Gasteiger partial charge in [-0.3, -0.25) is 9.69 Å². The highest BCUT2D eigenvalue weighted by molar-refractivity contribution is 9.10. The minimum absolute atomic E-state index is 0.00390. The van der Waals surface area contributed by atoms with Crippen LogP contribution in [-0.4, -0.2) is 58.4 Å². The molecule has 182 valence electrons. The van der Waals surface area contributed by atoms with Crippen LogP contribution in [0.2, 0.25) is 0 Å². The van der Waals surface area contributed by atoms with Gasteiger partial charge in [0.05, 0.1) is 5.37 Å². The summed E-state index contributed by atoms with van der Waals surface area (Å²) < 4.78 is 6.64. The fourth-order valence-corrected chi connectivity index (χ4v) is 2.86. The second-order valence-corrected chi connectivity index (χ2v) is 8.49. The zero-order chi connectivity index (χ0) is 25.5. The molecule has 1 atom stereocenters. The monoisotopic (exact) mass is 549 g/mol. The standard InChI is InChI=1S/C21H24BrNO2S.C4H4O4/c1-3-20(26)23(2)14-4-5-15-25-19-12-8-17(9-13-19)21(24)16-6-10-18(22)11-7-16;5-3(6)1-2-4(7)8/h4-13,20,26H,3,14-15H2,1-2H3;1-2H,(H,5,6)(H,7,8). The fourth-order valence-electron chi connectivity index (χ4n) is 2.50. The van der Waals surface area contributed by atoms with Crippen molar-refractivity contribution >= 4 is 46.3 Å². The Morgan fingerprint density at radius 3 is 1.94 bits per heavy atom. The first-order valence-electron chi connectivity index (χ1n) is 10.3. The van der Waals surface area contributed by atoms with Gasteiger partial charge in [-0.15, -0.1) is 0 Å². The first-order valence-corrected chi connectivity index (χ1v) is 11.6. The largest absolute Gasteiger partial charge is 0.490 e. The maximum absolute atomic E-state index is 12.4. The second kappa shape index (κ2) is 15.9. The van der Waals surface area contributed by atoms with E-state index in [2.05, 4.69) is 46.5 Å². The maximum atomic E-state index is 12.4. The molecule has 0 aliphatic heterocycles. The quantitative estimate of drug-likeness (QED) is 0.120. The van der Waals surface area contributed by atoms with E-state index in [4.69, 9.17) is 14.9 Å². The molecule has 0 heterocycles. The van der Waals surface area contributed by atoms with Crippen LogP contribution in [0.15, 0.2) is 77.3 Å². The Morgan fingerprint density at radius 2 is 1.47 bits per heavy atom. The summed E-state index contributed by atoms with van der Waals surface area (Å²) in [5.41, 5.74) is 1.32. The lowest BCUT2D eigenvalue weighted by molar-refractivity contribution is -0.134. The van der Waals surface area contributed by atoms with Gasteiger partial charge < -0.3 is 14.9 Å². The van der Waals surface area contributed by atoms with Crippen molar-refractivity contribution in [2.45, 2.75) is 18.7 Å². The van der Waals surface area contributed by atoms with Gasteiger partial charge in [0.15, 0.2) is 5.78 Å². The molecule has 0 aliphatic carbocycles. The van der Waals surface area contributed by atoms with Crippen LogP contribution in [0.1, 0.15) is 29.3 Å². The molecule has 0 fully saturated rings. The first-order chi connectivity index (χ1) is 16.1. The molecule has 2 N–H and O–H groups in total. The van der Waals surface area contributed by atoms with Crippen LogP contribution in [0.4, 0.5) is 0 Å². The predicted octanol–water partition coefficient (Wildman–Crippen LogP) is 4.92. The third-order valence-corrected chi connectivity index (χ3v) is 5.66. The molecule has 0 spiro atoms. The van der Waals surface area contributed by atoms with Crippen molar-refractivity contribution in [3.63, 3.8) is 0 Å². The number of rotatable bonds is 11. The summed E-state index contributed by atoms with van der Waals surface area (Å²) in [6, 6.07) is 14.6. The van der Waals surface area contributed by atoms with Gasteiger partial charge in [-0.25, -0.2) is 9.59 Å². The number of thiol groups is 1. The lowest BCUT2D eigenvalue weighted by atomic mass is 10.0. The van der Waals surface area contributed by atoms with Crippen LogP contribution in [0.25, 0.3) is 0 Å². The summed E-state index contributed by atoms with van der Waals surface area (Å²) in [5.74, 6) is -1.76. The molecule has 34 heavy (non-hydrogen) atoms. The molecule has 7 nitrogen and oxygen atoms in total. The van der Waals surface area contributed by atoms with E-state index in [-0.39, 0.29) is 11.2 Å². The fraction of sp³-hybridized carbons (Fsp3) is 0.240. The molecule has 2 aromatic rings. The Bertz CT molecular complexity index is 973. The van der Waals surface area contributed by atoms with Gasteiger partial charge in [-0.2, -0.15) is 12.6 Å². The number of carboxylic acids is 2. The lowest BCUT2D eigenvalue weighted by Crippen LogP contribution is -2.26. The summed E-state index contributed by atoms with van der Waals surface area (Å²) in [6.07, 6.45) is 6.19. The molecular formula is C25H28BrNO6S. The molecule has 2 rings (SSSR count). The van der Waals surface area contributed by atoms with E-state index in [1.165, 1.54) is 0 Å². The Morgan fingerprint density at radius 1 is 0.971 bits per heavy atom. The molecule has 0 saturated heterocycles. The van der Waals surface area contributed by atoms with Crippen molar-refractivity contribution in [2.75, 3.05) is 20.2 Å². The van der Waals surface area contributed by atoms with Crippen molar-refractivity contribution in [3.8, 4) is 5.75 Å². The molecule has 0 aromatic heterocycles. The van der Waals surface area contributed by atoms with E-state index < -0.39 is 11.9 Å². The molecule has 0 radical (unpaired) electrons. The third-order valence-electron chi connectivity index (χ3n) is 4.37. The number of carboxylic acid groups (broad SMARTS) is 2. The van der Waals surface area contributed by atoms with Gasteiger partial charge in [-0.1, -0.05) is 35.0 Å². The van der Waals surface area contributed by atoms with Crippen molar-refractivity contribution in [3.05, 3.63) is 88.4 Å². The Kier molecular flexibility index (Phi) is 13.6. The Hall–Kier alpha value is -2.88. The highest BCUT2D eigenvalue weighted by Gasteiger charge is 2.09. The maximum Gasteiger partial charge on any atom is 0.328 e. The highest BCUT2D eigenvalue weighted by Crippen LogP contribution is 2.17. The Balaban J connectivity index is 0.000000620. The predicted molar refractivity (Wildman–Crippen MR) is 139 cm³/mol. The second-order valence-electron chi connectivity index (χ2n) is 6.98. The van der Waals surface area contributed by atoms with Crippen LogP contribution in [0.3, 0.4) is 0 Å². The molecular weight excluding hydrogens is 522 g/mol. The number of carbonyl (C=O) groups is 3. The average molecular weight is 550 g/mol. The van der Waals surface area contributed by atoms with Crippen LogP contribution in [0, 0.1) is 0 Å². The third kappa shape index (κ3) is 11.8. The molecule has 0 saturated carbocycles. The van der Waals surface area contributed by atoms with Crippen molar-refractivity contribution in [1.29, 1.82) is 0 Å². The molecule has 0 amide bonds. The first kappa shape index (κ1) is 29.2. The Labute approximate surface area is 213 Å². The summed E-state index contributed by atoms with van der Waals surface area (Å²) in [7, 11) is 2.05. The molecule has 0 aliphatic rings. The van der Waals surface area contributed by atoms with E-state index in [0.29, 0.717) is 29.9 Å². The van der Waals surface area contributed by atoms with Crippen molar-refractivity contribution in [2.24, 2.45) is 0 Å². The number of hydrogen-bond donors (Lipinski definition) is 3. The normalized spacial score (nSPS) is 11.8. The van der Waals surface area contributed by atoms with Crippen molar-refractivity contribution in [1.82, 2.24) is 4.90 Å². The molecule has 1 unspecified atom stereocenters. The molecule has 2 aromatic carbocycles.